The summed E-state index contributed by atoms with van der Waals surface area (Å²) in [6.07, 6.45) is 4.93. The van der Waals surface area contributed by atoms with Crippen LogP contribution in [0.25, 0.3) is 0 Å². The fraction of sp³-hybridized carbons (Fsp3) is 0.259. The molecule has 0 aromatic heterocycles. The zero-order chi connectivity index (χ0) is 26.3. The number of nitro groups is 1. The Labute approximate surface area is 232 Å². The molecule has 0 amide bonds. The van der Waals surface area contributed by atoms with Crippen molar-refractivity contribution in [3.8, 4) is 17.2 Å². The van der Waals surface area contributed by atoms with E-state index in [0.29, 0.717) is 38.5 Å². The second-order valence-electron chi connectivity index (χ2n) is 8.88. The SMILES string of the molecule is COc1ccc([N+](=O)[O-])c2c1N[C@H](c1cc(Br)c(OCc3ccc(Cl)c(Cl)c3)c(OC)c1)[C@@H]1CC=C[C@@H]21. The van der Waals surface area contributed by atoms with E-state index in [2.05, 4.69) is 33.4 Å². The minimum atomic E-state index is -0.330. The molecule has 0 radical (unpaired) electrons. The Morgan fingerprint density at radius 1 is 1.08 bits per heavy atom. The van der Waals surface area contributed by atoms with Gasteiger partial charge in [0, 0.05) is 12.0 Å². The minimum absolute atomic E-state index is 0.0814. The third kappa shape index (κ3) is 4.74. The molecule has 0 fully saturated rings. The molecule has 1 aliphatic heterocycles. The number of anilines is 1. The Balaban J connectivity index is 1.50. The molecule has 1 N–H and O–H groups in total. The van der Waals surface area contributed by atoms with Crippen LogP contribution < -0.4 is 19.5 Å². The van der Waals surface area contributed by atoms with E-state index in [1.807, 2.05) is 18.2 Å². The van der Waals surface area contributed by atoms with Gasteiger partial charge in [0.15, 0.2) is 11.5 Å². The number of fused-ring (bicyclic) bond motifs is 3. The molecular formula is C27H23BrCl2N2O5. The largest absolute Gasteiger partial charge is 0.495 e. The molecule has 192 valence electrons. The summed E-state index contributed by atoms with van der Waals surface area (Å²) in [7, 11) is 3.15. The van der Waals surface area contributed by atoms with Gasteiger partial charge in [-0.15, -0.1) is 0 Å². The molecule has 3 atom stereocenters. The van der Waals surface area contributed by atoms with Gasteiger partial charge in [0.05, 0.1) is 51.0 Å². The maximum atomic E-state index is 11.8. The second-order valence-corrected chi connectivity index (χ2v) is 10.5. The highest BCUT2D eigenvalue weighted by atomic mass is 79.9. The summed E-state index contributed by atoms with van der Waals surface area (Å²) in [5, 5.41) is 16.3. The van der Waals surface area contributed by atoms with Crippen molar-refractivity contribution >= 4 is 50.5 Å². The Morgan fingerprint density at radius 2 is 1.86 bits per heavy atom. The van der Waals surface area contributed by atoms with E-state index < -0.39 is 0 Å². The molecule has 0 unspecified atom stereocenters. The van der Waals surface area contributed by atoms with Gasteiger partial charge >= 0.3 is 0 Å². The molecule has 1 heterocycles. The van der Waals surface area contributed by atoms with Gasteiger partial charge in [0.2, 0.25) is 0 Å². The van der Waals surface area contributed by atoms with E-state index in [9.17, 15) is 10.1 Å². The molecule has 0 bridgehead atoms. The normalized spacial score (nSPS) is 19.5. The molecule has 10 heteroatoms. The molecule has 0 saturated heterocycles. The number of hydrogen-bond donors (Lipinski definition) is 1. The van der Waals surface area contributed by atoms with Crippen LogP contribution in [0, 0.1) is 16.0 Å². The van der Waals surface area contributed by atoms with Crippen LogP contribution in [0.1, 0.15) is 35.1 Å². The Bertz CT molecular complexity index is 1410. The first kappa shape index (κ1) is 25.7. The summed E-state index contributed by atoms with van der Waals surface area (Å²) in [6.45, 7) is 0.274. The van der Waals surface area contributed by atoms with Crippen molar-refractivity contribution in [2.24, 2.45) is 5.92 Å². The molecule has 3 aromatic carbocycles. The lowest BCUT2D eigenvalue weighted by Crippen LogP contribution is -2.30. The summed E-state index contributed by atoms with van der Waals surface area (Å²) in [6, 6.07) is 12.3. The van der Waals surface area contributed by atoms with E-state index in [1.54, 1.807) is 32.4 Å². The number of halogens is 3. The molecule has 5 rings (SSSR count). The molecule has 1 aliphatic carbocycles. The topological polar surface area (TPSA) is 82.9 Å². The van der Waals surface area contributed by atoms with E-state index in [-0.39, 0.29) is 35.1 Å². The fourth-order valence-electron chi connectivity index (χ4n) is 5.17. The van der Waals surface area contributed by atoms with Crippen molar-refractivity contribution in [3.63, 3.8) is 0 Å². The minimum Gasteiger partial charge on any atom is -0.495 e. The van der Waals surface area contributed by atoms with Gasteiger partial charge in [0.25, 0.3) is 5.69 Å². The predicted molar refractivity (Wildman–Crippen MR) is 147 cm³/mol. The van der Waals surface area contributed by atoms with Crippen LogP contribution in [0.15, 0.2) is 59.1 Å². The number of rotatable bonds is 7. The molecule has 2 aliphatic rings. The van der Waals surface area contributed by atoms with Gasteiger partial charge in [-0.05, 0) is 69.7 Å². The number of benzene rings is 3. The van der Waals surface area contributed by atoms with E-state index in [4.69, 9.17) is 37.4 Å². The van der Waals surface area contributed by atoms with Crippen molar-refractivity contribution in [2.45, 2.75) is 25.0 Å². The van der Waals surface area contributed by atoms with Gasteiger partial charge in [-0.2, -0.15) is 0 Å². The average Bonchev–Trinajstić information content (AvgIpc) is 3.38. The molecule has 37 heavy (non-hydrogen) atoms. The third-order valence-electron chi connectivity index (χ3n) is 6.85. The van der Waals surface area contributed by atoms with Crippen LogP contribution in [0.5, 0.6) is 17.2 Å². The fourth-order valence-corrected chi connectivity index (χ4v) is 6.06. The van der Waals surface area contributed by atoms with Gasteiger partial charge < -0.3 is 19.5 Å². The molecule has 7 nitrogen and oxygen atoms in total. The molecular weight excluding hydrogens is 583 g/mol. The number of nitrogens with one attached hydrogen (secondary N) is 1. The summed E-state index contributed by atoms with van der Waals surface area (Å²) in [5.41, 5.74) is 3.22. The lowest BCUT2D eigenvalue weighted by Gasteiger charge is -2.38. The first-order valence-electron chi connectivity index (χ1n) is 11.5. The summed E-state index contributed by atoms with van der Waals surface area (Å²) in [5.74, 6) is 1.65. The number of ether oxygens (including phenoxy) is 3. The maximum absolute atomic E-state index is 11.8. The maximum Gasteiger partial charge on any atom is 0.275 e. The first-order chi connectivity index (χ1) is 17.8. The van der Waals surface area contributed by atoms with Gasteiger partial charge in [0.1, 0.15) is 12.4 Å². The standard InChI is InChI=1S/C27H23BrCl2N2O5/c1-35-22-9-8-21(32(33)34)24-16-4-3-5-17(16)25(31-26(22)24)15-11-18(28)27(23(12-15)36-2)37-13-14-6-7-19(29)20(30)10-14/h3-4,6-12,16-17,25,31H,5,13H2,1-2H3/t16-,17-,25-/m1/s1. The third-order valence-corrected chi connectivity index (χ3v) is 8.18. The number of nitro benzene ring substituents is 1. The van der Waals surface area contributed by atoms with Crippen molar-refractivity contribution in [1.29, 1.82) is 0 Å². The number of hydrogen-bond acceptors (Lipinski definition) is 6. The van der Waals surface area contributed by atoms with Gasteiger partial charge in [-0.1, -0.05) is 41.4 Å². The highest BCUT2D eigenvalue weighted by Crippen LogP contribution is 2.55. The van der Waals surface area contributed by atoms with Crippen LogP contribution in [0.2, 0.25) is 10.0 Å². The van der Waals surface area contributed by atoms with E-state index >= 15 is 0 Å². The smallest absolute Gasteiger partial charge is 0.275 e. The lowest BCUT2D eigenvalue weighted by atomic mass is 9.76. The highest BCUT2D eigenvalue weighted by molar-refractivity contribution is 9.10. The van der Waals surface area contributed by atoms with Crippen molar-refractivity contribution in [2.75, 3.05) is 19.5 Å². The van der Waals surface area contributed by atoms with Crippen molar-refractivity contribution in [1.82, 2.24) is 0 Å². The number of methoxy groups -OCH3 is 2. The zero-order valence-corrected chi connectivity index (χ0v) is 23.1. The summed E-state index contributed by atoms with van der Waals surface area (Å²) >= 11 is 15.8. The lowest BCUT2D eigenvalue weighted by molar-refractivity contribution is -0.385. The molecule has 0 saturated carbocycles. The van der Waals surface area contributed by atoms with Crippen molar-refractivity contribution in [3.05, 3.63) is 95.9 Å². The van der Waals surface area contributed by atoms with Crippen LogP contribution in [0.4, 0.5) is 11.4 Å². The summed E-state index contributed by atoms with van der Waals surface area (Å²) in [4.78, 5) is 11.5. The van der Waals surface area contributed by atoms with Crippen LogP contribution in [0.3, 0.4) is 0 Å². The quantitative estimate of drug-likeness (QED) is 0.166. The van der Waals surface area contributed by atoms with Crippen LogP contribution in [-0.2, 0) is 6.61 Å². The Hall–Kier alpha value is -2.94. The van der Waals surface area contributed by atoms with Crippen LogP contribution in [-0.4, -0.2) is 19.1 Å². The first-order valence-corrected chi connectivity index (χ1v) is 13.1. The van der Waals surface area contributed by atoms with Crippen molar-refractivity contribution < 1.29 is 19.1 Å². The van der Waals surface area contributed by atoms with E-state index in [1.165, 1.54) is 6.07 Å². The highest BCUT2D eigenvalue weighted by Gasteiger charge is 2.43. The monoisotopic (exact) mass is 604 g/mol. The summed E-state index contributed by atoms with van der Waals surface area (Å²) < 4.78 is 18.1. The van der Waals surface area contributed by atoms with E-state index in [0.717, 1.165) is 22.0 Å². The Morgan fingerprint density at radius 3 is 2.57 bits per heavy atom. The number of allylic oxidation sites excluding steroid dienone is 2. The molecule has 0 spiro atoms. The van der Waals surface area contributed by atoms with Crippen LogP contribution >= 0.6 is 39.1 Å². The van der Waals surface area contributed by atoms with Gasteiger partial charge in [-0.3, -0.25) is 10.1 Å². The second kappa shape index (κ2) is 10.4. The predicted octanol–water partition coefficient (Wildman–Crippen LogP) is 8.09. The van der Waals surface area contributed by atoms with Gasteiger partial charge in [-0.25, -0.2) is 0 Å². The Kier molecular flexibility index (Phi) is 7.25. The molecule has 3 aromatic rings. The zero-order valence-electron chi connectivity index (χ0n) is 20.0. The average molecular weight is 606 g/mol. The number of nitrogens with zero attached hydrogens (tertiary/aromatic N) is 1.